The highest BCUT2D eigenvalue weighted by Crippen LogP contribution is 2.40. The van der Waals surface area contributed by atoms with E-state index in [9.17, 15) is 15.2 Å². The summed E-state index contributed by atoms with van der Waals surface area (Å²) in [7, 11) is 1.58. The fourth-order valence-electron chi connectivity index (χ4n) is 3.19. The van der Waals surface area contributed by atoms with E-state index in [2.05, 4.69) is 10.2 Å². The van der Waals surface area contributed by atoms with Crippen molar-refractivity contribution in [3.05, 3.63) is 88.1 Å². The second kappa shape index (κ2) is 9.31. The van der Waals surface area contributed by atoms with Gasteiger partial charge in [-0.05, 0) is 48.9 Å². The normalized spacial score (nSPS) is 10.6. The fraction of sp³-hybridized carbons (Fsp3) is 0.125. The zero-order valence-electron chi connectivity index (χ0n) is 17.9. The number of nitrogens with one attached hydrogen (secondary N) is 1. The van der Waals surface area contributed by atoms with Gasteiger partial charge in [0, 0.05) is 29.8 Å². The number of ether oxygens (including phenoxy) is 3. The van der Waals surface area contributed by atoms with E-state index >= 15 is 0 Å². The van der Waals surface area contributed by atoms with Gasteiger partial charge in [-0.15, -0.1) is 0 Å². The molecular formula is C24H21N3O6. The van der Waals surface area contributed by atoms with Crippen LogP contribution in [0.15, 0.2) is 66.7 Å². The molecule has 9 heteroatoms. The van der Waals surface area contributed by atoms with Gasteiger partial charge in [-0.2, -0.15) is 5.10 Å². The second-order valence-corrected chi connectivity index (χ2v) is 7.20. The number of aromatic amines is 1. The van der Waals surface area contributed by atoms with E-state index in [1.807, 2.05) is 19.1 Å². The van der Waals surface area contributed by atoms with Crippen molar-refractivity contribution in [2.75, 3.05) is 7.11 Å². The Balaban J connectivity index is 1.52. The van der Waals surface area contributed by atoms with E-state index in [4.69, 9.17) is 14.2 Å². The topological polar surface area (TPSA) is 120 Å². The van der Waals surface area contributed by atoms with Crippen LogP contribution < -0.4 is 14.2 Å². The van der Waals surface area contributed by atoms with Gasteiger partial charge >= 0.3 is 0 Å². The lowest BCUT2D eigenvalue weighted by Gasteiger charge is -2.11. The van der Waals surface area contributed by atoms with Crippen molar-refractivity contribution in [1.29, 1.82) is 0 Å². The Labute approximate surface area is 189 Å². The highest BCUT2D eigenvalue weighted by Gasteiger charge is 2.18. The maximum absolute atomic E-state index is 10.8. The van der Waals surface area contributed by atoms with Crippen molar-refractivity contribution < 1.29 is 24.2 Å². The van der Waals surface area contributed by atoms with Crippen molar-refractivity contribution in [2.24, 2.45) is 0 Å². The van der Waals surface area contributed by atoms with Crippen LogP contribution in [-0.2, 0) is 6.61 Å². The number of nitrogens with zero attached hydrogens (tertiary/aromatic N) is 2. The minimum Gasteiger partial charge on any atom is -0.507 e. The number of nitro benzene ring substituents is 1. The molecule has 0 aliphatic rings. The predicted molar refractivity (Wildman–Crippen MR) is 121 cm³/mol. The van der Waals surface area contributed by atoms with E-state index in [1.54, 1.807) is 43.5 Å². The third kappa shape index (κ3) is 4.87. The summed E-state index contributed by atoms with van der Waals surface area (Å²) >= 11 is 0. The lowest BCUT2D eigenvalue weighted by molar-refractivity contribution is -0.384. The summed E-state index contributed by atoms with van der Waals surface area (Å²) in [4.78, 5) is 10.3. The molecule has 33 heavy (non-hydrogen) atoms. The Kier molecular flexibility index (Phi) is 6.12. The van der Waals surface area contributed by atoms with Crippen molar-refractivity contribution in [3.63, 3.8) is 0 Å². The van der Waals surface area contributed by atoms with Crippen LogP contribution in [0.3, 0.4) is 0 Å². The molecule has 1 aromatic heterocycles. The minimum atomic E-state index is -0.454. The summed E-state index contributed by atoms with van der Waals surface area (Å²) in [6.45, 7) is 2.02. The van der Waals surface area contributed by atoms with Gasteiger partial charge in [-0.1, -0.05) is 6.07 Å². The number of hydrogen-bond donors (Lipinski definition) is 2. The van der Waals surface area contributed by atoms with Crippen LogP contribution >= 0.6 is 0 Å². The van der Waals surface area contributed by atoms with E-state index < -0.39 is 4.92 Å². The maximum Gasteiger partial charge on any atom is 0.269 e. The van der Waals surface area contributed by atoms with Gasteiger partial charge in [0.05, 0.1) is 17.7 Å². The first-order valence-corrected chi connectivity index (χ1v) is 10.0. The Morgan fingerprint density at radius 1 is 1.03 bits per heavy atom. The minimum absolute atomic E-state index is 0.0158. The SMILES string of the molecule is COc1cccc(Oc2c(-c3ccc(OCc4ccc([N+](=O)[O-])cc4)cc3O)n[nH]c2C)c1. The molecule has 0 fully saturated rings. The van der Waals surface area contributed by atoms with E-state index in [0.29, 0.717) is 39.9 Å². The van der Waals surface area contributed by atoms with Crippen LogP contribution in [0.5, 0.6) is 28.7 Å². The zero-order valence-corrected chi connectivity index (χ0v) is 17.9. The van der Waals surface area contributed by atoms with E-state index in [-0.39, 0.29) is 18.0 Å². The largest absolute Gasteiger partial charge is 0.507 e. The highest BCUT2D eigenvalue weighted by molar-refractivity contribution is 5.74. The monoisotopic (exact) mass is 447 g/mol. The number of methoxy groups -OCH3 is 1. The molecule has 9 nitrogen and oxygen atoms in total. The molecule has 0 atom stereocenters. The standard InChI is InChI=1S/C24H21N3O6/c1-15-24(33-20-5-3-4-18(12-20)31-2)23(26-25-15)21-11-10-19(13-22(21)28)32-14-16-6-8-17(9-7-16)27(29)30/h3-13,28H,14H2,1-2H3,(H,25,26). The number of rotatable bonds is 8. The van der Waals surface area contributed by atoms with Gasteiger partial charge in [-0.25, -0.2) is 0 Å². The first-order chi connectivity index (χ1) is 15.9. The second-order valence-electron chi connectivity index (χ2n) is 7.20. The molecule has 0 amide bonds. The number of non-ortho nitro benzene ring substituents is 1. The molecule has 0 unspecified atom stereocenters. The first kappa shape index (κ1) is 21.7. The third-order valence-corrected chi connectivity index (χ3v) is 4.93. The molecule has 168 valence electrons. The Morgan fingerprint density at radius 3 is 2.48 bits per heavy atom. The van der Waals surface area contributed by atoms with Crippen LogP contribution in [-0.4, -0.2) is 27.3 Å². The van der Waals surface area contributed by atoms with Gasteiger partial charge < -0.3 is 19.3 Å². The Bertz CT molecular complexity index is 1280. The summed E-state index contributed by atoms with van der Waals surface area (Å²) in [5.41, 5.74) is 2.41. The number of phenols is 1. The number of aromatic nitrogens is 2. The molecule has 0 radical (unpaired) electrons. The van der Waals surface area contributed by atoms with Crippen LogP contribution in [0.2, 0.25) is 0 Å². The highest BCUT2D eigenvalue weighted by atomic mass is 16.6. The summed E-state index contributed by atoms with van der Waals surface area (Å²) in [6.07, 6.45) is 0. The van der Waals surface area contributed by atoms with Crippen LogP contribution in [0.1, 0.15) is 11.3 Å². The molecule has 3 aromatic carbocycles. The molecule has 0 saturated heterocycles. The molecule has 0 saturated carbocycles. The van der Waals surface area contributed by atoms with Crippen molar-refractivity contribution in [1.82, 2.24) is 10.2 Å². The average molecular weight is 447 g/mol. The molecule has 0 bridgehead atoms. The number of aromatic hydroxyl groups is 1. The molecule has 2 N–H and O–H groups in total. The van der Waals surface area contributed by atoms with E-state index in [1.165, 1.54) is 18.2 Å². The van der Waals surface area contributed by atoms with E-state index in [0.717, 1.165) is 5.56 Å². The fourth-order valence-corrected chi connectivity index (χ4v) is 3.19. The van der Waals surface area contributed by atoms with Gasteiger partial charge in [-0.3, -0.25) is 15.2 Å². The number of phenolic OH excluding ortho intramolecular Hbond substituents is 1. The number of hydrogen-bond acceptors (Lipinski definition) is 7. The molecule has 4 aromatic rings. The lowest BCUT2D eigenvalue weighted by Crippen LogP contribution is -1.96. The van der Waals surface area contributed by atoms with Gasteiger partial charge in [0.15, 0.2) is 5.75 Å². The van der Waals surface area contributed by atoms with Gasteiger partial charge in [0.1, 0.15) is 35.3 Å². The predicted octanol–water partition coefficient (Wildman–Crippen LogP) is 5.38. The number of benzene rings is 3. The quantitative estimate of drug-likeness (QED) is 0.275. The first-order valence-electron chi connectivity index (χ1n) is 10.0. The maximum atomic E-state index is 10.8. The smallest absolute Gasteiger partial charge is 0.269 e. The van der Waals surface area contributed by atoms with Crippen LogP contribution in [0.4, 0.5) is 5.69 Å². The molecule has 1 heterocycles. The zero-order chi connectivity index (χ0) is 23.4. The Morgan fingerprint density at radius 2 is 1.79 bits per heavy atom. The number of H-pyrrole nitrogens is 1. The van der Waals surface area contributed by atoms with Crippen LogP contribution in [0.25, 0.3) is 11.3 Å². The van der Waals surface area contributed by atoms with Crippen molar-refractivity contribution in [2.45, 2.75) is 13.5 Å². The van der Waals surface area contributed by atoms with Crippen molar-refractivity contribution >= 4 is 5.69 Å². The molecule has 0 aliphatic heterocycles. The number of aryl methyl sites for hydroxylation is 1. The summed E-state index contributed by atoms with van der Waals surface area (Å²) < 4.78 is 17.0. The van der Waals surface area contributed by atoms with Gasteiger partial charge in [0.25, 0.3) is 5.69 Å². The Hall–Kier alpha value is -4.53. The lowest BCUT2D eigenvalue weighted by atomic mass is 10.1. The summed E-state index contributed by atoms with van der Waals surface area (Å²) in [5.74, 6) is 2.13. The van der Waals surface area contributed by atoms with Gasteiger partial charge in [0.2, 0.25) is 0 Å². The summed E-state index contributed by atoms with van der Waals surface area (Å²) in [5, 5.41) is 28.6. The third-order valence-electron chi connectivity index (χ3n) is 4.93. The van der Waals surface area contributed by atoms with Crippen LogP contribution in [0, 0.1) is 17.0 Å². The summed E-state index contributed by atoms with van der Waals surface area (Å²) in [6, 6.07) is 18.2. The van der Waals surface area contributed by atoms with Crippen molar-refractivity contribution in [3.8, 4) is 40.0 Å². The molecule has 0 spiro atoms. The molecular weight excluding hydrogens is 426 g/mol. The molecule has 0 aliphatic carbocycles. The average Bonchev–Trinajstić information content (AvgIpc) is 3.18. The number of nitro groups is 1. The molecule has 4 rings (SSSR count).